The summed E-state index contributed by atoms with van der Waals surface area (Å²) in [6.45, 7) is 0. The van der Waals surface area contributed by atoms with E-state index < -0.39 is 0 Å². The van der Waals surface area contributed by atoms with Crippen molar-refractivity contribution in [3.8, 4) is 33.4 Å². The van der Waals surface area contributed by atoms with Crippen LogP contribution in [0.2, 0.25) is 0 Å². The largest absolute Gasteiger partial charge is 0.456 e. The van der Waals surface area contributed by atoms with E-state index in [0.717, 1.165) is 94.3 Å². The van der Waals surface area contributed by atoms with Crippen LogP contribution in [0.3, 0.4) is 0 Å². The predicted octanol–water partition coefficient (Wildman–Crippen LogP) is 15.1. The van der Waals surface area contributed by atoms with Crippen LogP contribution < -0.4 is 4.90 Å². The maximum atomic E-state index is 6.76. The molecule has 9 aromatic carbocycles. The molecular weight excluding hydrogens is 671 g/mol. The first-order valence-electron chi connectivity index (χ1n) is 18.7. The molecule has 0 unspecified atom stereocenters. The number of hydrogen-bond acceptors (Lipinski definition) is 3. The first-order chi connectivity index (χ1) is 27.2. The molecule has 0 N–H and O–H groups in total. The van der Waals surface area contributed by atoms with E-state index in [2.05, 4.69) is 187 Å². The van der Waals surface area contributed by atoms with Crippen LogP contribution in [0.25, 0.3) is 88.0 Å². The maximum Gasteiger partial charge on any atom is 0.159 e. The zero-order valence-corrected chi connectivity index (χ0v) is 29.8. The van der Waals surface area contributed by atoms with Crippen molar-refractivity contribution < 1.29 is 8.83 Å². The molecular formula is C52H33NO2. The van der Waals surface area contributed by atoms with Gasteiger partial charge in [0.2, 0.25) is 0 Å². The third-order valence-corrected chi connectivity index (χ3v) is 10.8. The van der Waals surface area contributed by atoms with Gasteiger partial charge < -0.3 is 13.7 Å². The zero-order valence-electron chi connectivity index (χ0n) is 29.8. The van der Waals surface area contributed by atoms with Gasteiger partial charge in [0.25, 0.3) is 0 Å². The minimum absolute atomic E-state index is 0.843. The van der Waals surface area contributed by atoms with Crippen molar-refractivity contribution in [3.63, 3.8) is 0 Å². The monoisotopic (exact) mass is 703 g/mol. The van der Waals surface area contributed by atoms with Crippen molar-refractivity contribution in [2.24, 2.45) is 0 Å². The topological polar surface area (TPSA) is 29.5 Å². The summed E-state index contributed by atoms with van der Waals surface area (Å²) >= 11 is 0. The number of nitrogens with zero attached hydrogens (tertiary/aromatic N) is 1. The second kappa shape index (κ2) is 12.6. The Morgan fingerprint density at radius 1 is 0.309 bits per heavy atom. The molecule has 2 heterocycles. The Morgan fingerprint density at radius 2 is 0.909 bits per heavy atom. The standard InChI is InChI=1S/C52H33NO2/c1-2-13-35(14-3-1)42-28-26-40(38-25-24-34-12-4-5-15-36(34)30-38)33-48(42)53(47-21-11-20-45-43-18-6-9-23-50(43)55-52(45)47)41-17-10-16-37(31-41)39-27-29-51-46(32-39)44-19-7-8-22-49(44)54-51/h1-33H. The van der Waals surface area contributed by atoms with Gasteiger partial charge in [-0.05, 0) is 93.2 Å². The molecule has 258 valence electrons. The molecule has 11 rings (SSSR count). The number of fused-ring (bicyclic) bond motifs is 7. The van der Waals surface area contributed by atoms with Crippen molar-refractivity contribution in [1.82, 2.24) is 0 Å². The van der Waals surface area contributed by atoms with E-state index in [0.29, 0.717) is 0 Å². The van der Waals surface area contributed by atoms with Crippen LogP contribution in [0.5, 0.6) is 0 Å². The van der Waals surface area contributed by atoms with Crippen LogP contribution >= 0.6 is 0 Å². The lowest BCUT2D eigenvalue weighted by Crippen LogP contribution is -2.12. The van der Waals surface area contributed by atoms with Gasteiger partial charge in [-0.25, -0.2) is 0 Å². The van der Waals surface area contributed by atoms with Gasteiger partial charge in [0.1, 0.15) is 16.7 Å². The summed E-state index contributed by atoms with van der Waals surface area (Å²) in [5, 5.41) is 6.85. The fraction of sp³-hybridized carbons (Fsp3) is 0. The molecule has 11 aromatic rings. The van der Waals surface area contributed by atoms with Gasteiger partial charge in [-0.15, -0.1) is 0 Å². The molecule has 3 nitrogen and oxygen atoms in total. The molecule has 55 heavy (non-hydrogen) atoms. The summed E-state index contributed by atoms with van der Waals surface area (Å²) in [5.41, 5.74) is 13.3. The average molecular weight is 704 g/mol. The Labute approximate surface area is 317 Å². The summed E-state index contributed by atoms with van der Waals surface area (Å²) in [6, 6.07) is 71.2. The third kappa shape index (κ3) is 5.28. The minimum Gasteiger partial charge on any atom is -0.456 e. The molecule has 0 aliphatic carbocycles. The van der Waals surface area contributed by atoms with E-state index >= 15 is 0 Å². The smallest absolute Gasteiger partial charge is 0.159 e. The fourth-order valence-corrected chi connectivity index (χ4v) is 8.17. The normalized spacial score (nSPS) is 11.6. The first-order valence-corrected chi connectivity index (χ1v) is 18.7. The Balaban J connectivity index is 1.17. The first kappa shape index (κ1) is 31.2. The lowest BCUT2D eigenvalue weighted by atomic mass is 9.95. The lowest BCUT2D eigenvalue weighted by Gasteiger charge is -2.29. The third-order valence-electron chi connectivity index (χ3n) is 10.8. The Morgan fingerprint density at radius 3 is 1.78 bits per heavy atom. The maximum absolute atomic E-state index is 6.76. The van der Waals surface area contributed by atoms with E-state index in [-0.39, 0.29) is 0 Å². The van der Waals surface area contributed by atoms with Crippen molar-refractivity contribution in [2.75, 3.05) is 4.90 Å². The van der Waals surface area contributed by atoms with E-state index in [1.54, 1.807) is 0 Å². The predicted molar refractivity (Wildman–Crippen MR) is 229 cm³/mol. The molecule has 0 aliphatic heterocycles. The number of anilines is 3. The fourth-order valence-electron chi connectivity index (χ4n) is 8.17. The number of furan rings is 2. The molecule has 0 saturated heterocycles. The molecule has 3 heteroatoms. The van der Waals surface area contributed by atoms with E-state index in [9.17, 15) is 0 Å². The Kier molecular flexibility index (Phi) is 7.17. The number of rotatable bonds is 6. The summed E-state index contributed by atoms with van der Waals surface area (Å²) in [4.78, 5) is 2.38. The van der Waals surface area contributed by atoms with Crippen LogP contribution in [0.15, 0.2) is 209 Å². The highest BCUT2D eigenvalue weighted by molar-refractivity contribution is 6.11. The molecule has 0 radical (unpaired) electrons. The van der Waals surface area contributed by atoms with Gasteiger partial charge in [0, 0.05) is 32.8 Å². The second-order valence-corrected chi connectivity index (χ2v) is 14.1. The molecule has 0 spiro atoms. The van der Waals surface area contributed by atoms with Crippen LogP contribution in [0.4, 0.5) is 17.1 Å². The molecule has 0 fully saturated rings. The van der Waals surface area contributed by atoms with Crippen molar-refractivity contribution in [2.45, 2.75) is 0 Å². The van der Waals surface area contributed by atoms with Crippen LogP contribution in [-0.4, -0.2) is 0 Å². The molecule has 0 aliphatic rings. The van der Waals surface area contributed by atoms with Crippen LogP contribution in [0, 0.1) is 0 Å². The van der Waals surface area contributed by atoms with Crippen molar-refractivity contribution in [3.05, 3.63) is 200 Å². The summed E-state index contributed by atoms with van der Waals surface area (Å²) in [7, 11) is 0. The van der Waals surface area contributed by atoms with E-state index in [1.165, 1.54) is 10.8 Å². The van der Waals surface area contributed by atoms with Gasteiger partial charge >= 0.3 is 0 Å². The summed E-state index contributed by atoms with van der Waals surface area (Å²) < 4.78 is 13.0. The van der Waals surface area contributed by atoms with E-state index in [1.807, 2.05) is 18.2 Å². The molecule has 0 saturated carbocycles. The highest BCUT2D eigenvalue weighted by Gasteiger charge is 2.23. The van der Waals surface area contributed by atoms with Gasteiger partial charge in [-0.1, -0.05) is 146 Å². The molecule has 0 atom stereocenters. The zero-order chi connectivity index (χ0) is 36.3. The van der Waals surface area contributed by atoms with Gasteiger partial charge in [0.15, 0.2) is 5.58 Å². The van der Waals surface area contributed by atoms with Gasteiger partial charge in [-0.2, -0.15) is 0 Å². The quantitative estimate of drug-likeness (QED) is 0.173. The number of benzene rings is 9. The molecule has 0 amide bonds. The summed E-state index contributed by atoms with van der Waals surface area (Å²) in [6.07, 6.45) is 0. The minimum atomic E-state index is 0.843. The SMILES string of the molecule is c1ccc(-c2ccc(-c3ccc4ccccc4c3)cc2N(c2cccc(-c3ccc4oc5ccccc5c4c3)c2)c2cccc3c2oc2ccccc23)cc1. The van der Waals surface area contributed by atoms with Gasteiger partial charge in [0.05, 0.1) is 11.4 Å². The van der Waals surface area contributed by atoms with Crippen LogP contribution in [0.1, 0.15) is 0 Å². The van der Waals surface area contributed by atoms with E-state index in [4.69, 9.17) is 8.83 Å². The molecule has 2 aromatic heterocycles. The number of hydrogen-bond donors (Lipinski definition) is 0. The number of para-hydroxylation sites is 3. The van der Waals surface area contributed by atoms with Gasteiger partial charge in [-0.3, -0.25) is 0 Å². The second-order valence-electron chi connectivity index (χ2n) is 14.1. The Hall–Kier alpha value is -7.36. The highest BCUT2D eigenvalue weighted by Crippen LogP contribution is 2.47. The van der Waals surface area contributed by atoms with Crippen molar-refractivity contribution >= 4 is 71.7 Å². The Bertz CT molecular complexity index is 3220. The molecule has 0 bridgehead atoms. The highest BCUT2D eigenvalue weighted by atomic mass is 16.3. The van der Waals surface area contributed by atoms with Crippen molar-refractivity contribution in [1.29, 1.82) is 0 Å². The van der Waals surface area contributed by atoms with Crippen LogP contribution in [-0.2, 0) is 0 Å². The summed E-state index contributed by atoms with van der Waals surface area (Å²) in [5.74, 6) is 0. The average Bonchev–Trinajstić information content (AvgIpc) is 3.83. The lowest BCUT2D eigenvalue weighted by molar-refractivity contribution is 0.668.